The molecule has 2 aromatic heterocycles. The van der Waals surface area contributed by atoms with Crippen molar-refractivity contribution in [2.24, 2.45) is 0 Å². The Bertz CT molecular complexity index is 973. The van der Waals surface area contributed by atoms with Crippen LogP contribution in [0.3, 0.4) is 0 Å². The molecule has 1 aliphatic rings. The Hall–Kier alpha value is -2.65. The van der Waals surface area contributed by atoms with Crippen molar-refractivity contribution < 1.29 is 14.0 Å². The van der Waals surface area contributed by atoms with Crippen molar-refractivity contribution in [1.29, 1.82) is 0 Å². The van der Waals surface area contributed by atoms with Gasteiger partial charge in [0.25, 0.3) is 11.8 Å². The van der Waals surface area contributed by atoms with Crippen LogP contribution in [0.2, 0.25) is 0 Å². The maximum Gasteiger partial charge on any atom is 0.286 e. The van der Waals surface area contributed by atoms with Gasteiger partial charge in [0.1, 0.15) is 10.8 Å². The standard InChI is InChI=1S/C18H15FN4O2S2/c19-11-4-1-5-12(10-11)20-15(24)17-22-21-16(27-17)13-6-2-8-23(13)18(25)14-7-3-9-26-14/h1,3-5,7,9-10,13H,2,6,8H2,(H,20,24)/t13-/m0/s1. The molecular formula is C18H15FN4O2S2. The summed E-state index contributed by atoms with van der Waals surface area (Å²) >= 11 is 2.57. The molecule has 0 saturated carbocycles. The molecule has 1 saturated heterocycles. The maximum atomic E-state index is 13.3. The van der Waals surface area contributed by atoms with Crippen LogP contribution in [0.5, 0.6) is 0 Å². The predicted molar refractivity (Wildman–Crippen MR) is 102 cm³/mol. The highest BCUT2D eigenvalue weighted by molar-refractivity contribution is 7.13. The number of halogens is 1. The van der Waals surface area contributed by atoms with Crippen molar-refractivity contribution in [3.05, 3.63) is 62.5 Å². The molecule has 1 atom stereocenters. The van der Waals surface area contributed by atoms with Crippen LogP contribution < -0.4 is 5.32 Å². The molecule has 0 radical (unpaired) electrons. The Kier molecular flexibility index (Phi) is 4.95. The van der Waals surface area contributed by atoms with Gasteiger partial charge in [-0.1, -0.05) is 23.5 Å². The lowest BCUT2D eigenvalue weighted by Gasteiger charge is -2.21. The smallest absolute Gasteiger partial charge is 0.286 e. The molecule has 0 aliphatic carbocycles. The number of anilines is 1. The molecular weight excluding hydrogens is 387 g/mol. The summed E-state index contributed by atoms with van der Waals surface area (Å²) < 4.78 is 13.3. The third-order valence-corrected chi connectivity index (χ3v) is 6.13. The highest BCUT2D eigenvalue weighted by atomic mass is 32.1. The van der Waals surface area contributed by atoms with Crippen molar-refractivity contribution >= 4 is 40.2 Å². The number of amides is 2. The van der Waals surface area contributed by atoms with E-state index in [9.17, 15) is 14.0 Å². The van der Waals surface area contributed by atoms with E-state index in [1.54, 1.807) is 17.0 Å². The lowest BCUT2D eigenvalue weighted by atomic mass is 10.2. The molecule has 1 N–H and O–H groups in total. The van der Waals surface area contributed by atoms with E-state index in [4.69, 9.17) is 0 Å². The molecule has 3 aromatic rings. The zero-order valence-corrected chi connectivity index (χ0v) is 15.7. The summed E-state index contributed by atoms with van der Waals surface area (Å²) in [6.07, 6.45) is 1.67. The number of rotatable bonds is 4. The van der Waals surface area contributed by atoms with Crippen molar-refractivity contribution in [3.8, 4) is 0 Å². The quantitative estimate of drug-likeness (QED) is 0.717. The average Bonchev–Trinajstić information content (AvgIpc) is 3.41. The van der Waals surface area contributed by atoms with Crippen LogP contribution in [0.4, 0.5) is 10.1 Å². The van der Waals surface area contributed by atoms with Gasteiger partial charge in [0, 0.05) is 12.2 Å². The number of nitrogens with zero attached hydrogens (tertiary/aromatic N) is 3. The molecule has 1 aromatic carbocycles. The zero-order chi connectivity index (χ0) is 18.8. The van der Waals surface area contributed by atoms with Gasteiger partial charge in [-0.3, -0.25) is 9.59 Å². The van der Waals surface area contributed by atoms with E-state index in [2.05, 4.69) is 15.5 Å². The first-order valence-electron chi connectivity index (χ1n) is 8.36. The van der Waals surface area contributed by atoms with Crippen LogP contribution >= 0.6 is 22.7 Å². The van der Waals surface area contributed by atoms with E-state index in [-0.39, 0.29) is 17.0 Å². The summed E-state index contributed by atoms with van der Waals surface area (Å²) in [6.45, 7) is 0.659. The summed E-state index contributed by atoms with van der Waals surface area (Å²) in [7, 11) is 0. The zero-order valence-electron chi connectivity index (χ0n) is 14.1. The van der Waals surface area contributed by atoms with Gasteiger partial charge >= 0.3 is 0 Å². The summed E-state index contributed by atoms with van der Waals surface area (Å²) in [4.78, 5) is 27.5. The van der Waals surface area contributed by atoms with Gasteiger partial charge in [0.15, 0.2) is 0 Å². The van der Waals surface area contributed by atoms with Gasteiger partial charge in [-0.15, -0.1) is 21.5 Å². The SMILES string of the molecule is O=C(Nc1cccc(F)c1)c1nnc([C@@H]2CCCN2C(=O)c2cccs2)s1. The highest BCUT2D eigenvalue weighted by Crippen LogP contribution is 2.35. The topological polar surface area (TPSA) is 75.2 Å². The normalized spacial score (nSPS) is 16.5. The Morgan fingerprint density at radius 1 is 1.22 bits per heavy atom. The number of hydrogen-bond donors (Lipinski definition) is 1. The van der Waals surface area contributed by atoms with Crippen molar-refractivity contribution in [3.63, 3.8) is 0 Å². The van der Waals surface area contributed by atoms with Gasteiger partial charge in [-0.25, -0.2) is 4.39 Å². The molecule has 9 heteroatoms. The van der Waals surface area contributed by atoms with Crippen molar-refractivity contribution in [2.45, 2.75) is 18.9 Å². The molecule has 2 amide bonds. The minimum absolute atomic E-state index is 0.0199. The van der Waals surface area contributed by atoms with E-state index in [1.165, 1.54) is 29.5 Å². The first kappa shape index (κ1) is 17.7. The number of likely N-dealkylation sites (tertiary alicyclic amines) is 1. The molecule has 4 rings (SSSR count). The van der Waals surface area contributed by atoms with E-state index in [1.807, 2.05) is 11.4 Å². The summed E-state index contributed by atoms with van der Waals surface area (Å²) in [5.74, 6) is -0.897. The number of benzene rings is 1. The van der Waals surface area contributed by atoms with Crippen LogP contribution in [-0.2, 0) is 0 Å². The molecule has 27 heavy (non-hydrogen) atoms. The van der Waals surface area contributed by atoms with Gasteiger partial charge in [0.05, 0.1) is 10.9 Å². The maximum absolute atomic E-state index is 13.3. The number of carbonyl (C=O) groups excluding carboxylic acids is 2. The second-order valence-corrected chi connectivity index (χ2v) is 8.00. The molecule has 1 fully saturated rings. The Morgan fingerprint density at radius 3 is 2.89 bits per heavy atom. The monoisotopic (exact) mass is 402 g/mol. The minimum atomic E-state index is -0.446. The fraction of sp³-hybridized carbons (Fsp3) is 0.222. The van der Waals surface area contributed by atoms with E-state index in [0.717, 1.165) is 24.2 Å². The third kappa shape index (κ3) is 3.74. The third-order valence-electron chi connectivity index (χ3n) is 4.25. The number of carbonyl (C=O) groups is 2. The number of thiophene rings is 1. The van der Waals surface area contributed by atoms with Gasteiger partial charge in [-0.05, 0) is 42.5 Å². The highest BCUT2D eigenvalue weighted by Gasteiger charge is 2.34. The van der Waals surface area contributed by atoms with Gasteiger partial charge in [0.2, 0.25) is 5.01 Å². The second-order valence-electron chi connectivity index (χ2n) is 6.04. The van der Waals surface area contributed by atoms with E-state index < -0.39 is 11.7 Å². The summed E-state index contributed by atoms with van der Waals surface area (Å²) in [6, 6.07) is 9.14. The first-order chi connectivity index (χ1) is 13.1. The molecule has 0 unspecified atom stereocenters. The Labute approximate surface area is 162 Å². The van der Waals surface area contributed by atoms with Gasteiger partial charge in [-0.2, -0.15) is 0 Å². The lowest BCUT2D eigenvalue weighted by molar-refractivity contribution is 0.0739. The molecule has 1 aliphatic heterocycles. The number of hydrogen-bond acceptors (Lipinski definition) is 6. The van der Waals surface area contributed by atoms with Crippen LogP contribution in [0.1, 0.15) is 43.4 Å². The average molecular weight is 402 g/mol. The number of aromatic nitrogens is 2. The minimum Gasteiger partial charge on any atom is -0.328 e. The Morgan fingerprint density at radius 2 is 2.11 bits per heavy atom. The fourth-order valence-electron chi connectivity index (χ4n) is 3.02. The molecule has 6 nitrogen and oxygen atoms in total. The molecule has 3 heterocycles. The lowest BCUT2D eigenvalue weighted by Crippen LogP contribution is -2.29. The van der Waals surface area contributed by atoms with Crippen molar-refractivity contribution in [2.75, 3.05) is 11.9 Å². The van der Waals surface area contributed by atoms with E-state index >= 15 is 0 Å². The van der Waals surface area contributed by atoms with Crippen LogP contribution in [0, 0.1) is 5.82 Å². The predicted octanol–water partition coefficient (Wildman–Crippen LogP) is 3.97. The Balaban J connectivity index is 1.49. The number of nitrogens with one attached hydrogen (secondary N) is 1. The van der Waals surface area contributed by atoms with Crippen LogP contribution in [0.25, 0.3) is 0 Å². The summed E-state index contributed by atoms with van der Waals surface area (Å²) in [5.41, 5.74) is 0.354. The first-order valence-corrected chi connectivity index (χ1v) is 10.1. The van der Waals surface area contributed by atoms with E-state index in [0.29, 0.717) is 22.1 Å². The fourth-order valence-corrected chi connectivity index (χ4v) is 4.59. The summed E-state index contributed by atoms with van der Waals surface area (Å²) in [5, 5.41) is 13.4. The molecule has 0 spiro atoms. The van der Waals surface area contributed by atoms with Crippen LogP contribution in [-0.4, -0.2) is 33.5 Å². The van der Waals surface area contributed by atoms with Crippen LogP contribution in [0.15, 0.2) is 41.8 Å². The van der Waals surface area contributed by atoms with Gasteiger partial charge < -0.3 is 10.2 Å². The second kappa shape index (κ2) is 7.53. The largest absolute Gasteiger partial charge is 0.328 e. The molecule has 138 valence electrons. The molecule has 0 bridgehead atoms. The van der Waals surface area contributed by atoms with Crippen molar-refractivity contribution in [1.82, 2.24) is 15.1 Å².